The average molecular weight is 428 g/mol. The summed E-state index contributed by atoms with van der Waals surface area (Å²) in [6.07, 6.45) is 0.158. The molecule has 3 aromatic rings. The Morgan fingerprint density at radius 2 is 1.50 bits per heavy atom. The Kier molecular flexibility index (Phi) is 6.31. The van der Waals surface area contributed by atoms with Gasteiger partial charge in [0.05, 0.1) is 11.4 Å². The minimum atomic E-state index is -0.637. The number of benzene rings is 3. The second kappa shape index (κ2) is 9.47. The van der Waals surface area contributed by atoms with Crippen LogP contribution in [0.15, 0.2) is 84.9 Å². The molecule has 1 aliphatic rings. The molecule has 1 heterocycles. The van der Waals surface area contributed by atoms with E-state index in [4.69, 9.17) is 4.74 Å². The molecular formula is C26H24N2O4. The van der Waals surface area contributed by atoms with Gasteiger partial charge in [-0.05, 0) is 30.2 Å². The smallest absolute Gasteiger partial charge is 0.318 e. The van der Waals surface area contributed by atoms with Crippen LogP contribution in [0.1, 0.15) is 30.4 Å². The molecule has 4 rings (SSSR count). The summed E-state index contributed by atoms with van der Waals surface area (Å²) in [5, 5.41) is 2.82. The Balaban J connectivity index is 1.55. The number of nitrogens with one attached hydrogen (secondary N) is 1. The van der Waals surface area contributed by atoms with Gasteiger partial charge in [0.1, 0.15) is 5.92 Å². The Morgan fingerprint density at radius 3 is 2.12 bits per heavy atom. The lowest BCUT2D eigenvalue weighted by Gasteiger charge is -2.28. The highest BCUT2D eigenvalue weighted by Crippen LogP contribution is 2.31. The van der Waals surface area contributed by atoms with Gasteiger partial charge < -0.3 is 15.0 Å². The molecule has 0 saturated heterocycles. The third-order valence-electron chi connectivity index (χ3n) is 5.47. The van der Waals surface area contributed by atoms with Crippen molar-refractivity contribution in [1.82, 2.24) is 0 Å². The van der Waals surface area contributed by atoms with E-state index >= 15 is 0 Å². The number of hydrogen-bond acceptors (Lipinski definition) is 4. The molecule has 0 radical (unpaired) electrons. The molecule has 0 aliphatic carbocycles. The molecule has 32 heavy (non-hydrogen) atoms. The number of hydrogen-bond donors (Lipinski definition) is 1. The van der Waals surface area contributed by atoms with Gasteiger partial charge in [-0.15, -0.1) is 0 Å². The van der Waals surface area contributed by atoms with Gasteiger partial charge in [0.2, 0.25) is 5.91 Å². The monoisotopic (exact) mass is 428 g/mol. The van der Waals surface area contributed by atoms with E-state index in [9.17, 15) is 14.4 Å². The quantitative estimate of drug-likeness (QED) is 0.620. The Morgan fingerprint density at radius 1 is 0.938 bits per heavy atom. The zero-order valence-corrected chi connectivity index (χ0v) is 17.7. The summed E-state index contributed by atoms with van der Waals surface area (Å²) in [6, 6.07) is 25.4. The van der Waals surface area contributed by atoms with Crippen LogP contribution in [0.25, 0.3) is 0 Å². The molecule has 0 aromatic heterocycles. The predicted molar refractivity (Wildman–Crippen MR) is 122 cm³/mol. The molecule has 6 nitrogen and oxygen atoms in total. The molecule has 0 spiro atoms. The summed E-state index contributed by atoms with van der Waals surface area (Å²) in [5.41, 5.74) is 2.74. The van der Waals surface area contributed by atoms with Gasteiger partial charge in [-0.3, -0.25) is 14.4 Å². The molecule has 0 bridgehead atoms. The predicted octanol–water partition coefficient (Wildman–Crippen LogP) is 4.13. The van der Waals surface area contributed by atoms with E-state index in [0.717, 1.165) is 11.1 Å². The molecule has 162 valence electrons. The van der Waals surface area contributed by atoms with Crippen molar-refractivity contribution in [2.24, 2.45) is 0 Å². The topological polar surface area (TPSA) is 75.7 Å². The van der Waals surface area contributed by atoms with Gasteiger partial charge in [-0.25, -0.2) is 0 Å². The molecule has 1 unspecified atom stereocenters. The fourth-order valence-corrected chi connectivity index (χ4v) is 4.01. The number of para-hydroxylation sites is 2. The highest BCUT2D eigenvalue weighted by atomic mass is 16.5. The number of rotatable bonds is 5. The fourth-order valence-electron chi connectivity index (χ4n) is 4.01. The van der Waals surface area contributed by atoms with Crippen LogP contribution in [0.4, 0.5) is 11.4 Å². The Hall–Kier alpha value is -3.93. The lowest BCUT2D eigenvalue weighted by atomic mass is 9.91. The van der Waals surface area contributed by atoms with E-state index in [0.29, 0.717) is 11.4 Å². The van der Waals surface area contributed by atoms with Crippen LogP contribution < -0.4 is 10.2 Å². The minimum Gasteiger partial charge on any atom is -0.455 e. The third kappa shape index (κ3) is 4.54. The maximum Gasteiger partial charge on any atom is 0.318 e. The van der Waals surface area contributed by atoms with Crippen molar-refractivity contribution in [1.29, 1.82) is 0 Å². The number of nitrogens with zero attached hydrogens (tertiary/aromatic N) is 1. The second-order valence-electron chi connectivity index (χ2n) is 7.74. The summed E-state index contributed by atoms with van der Waals surface area (Å²) in [4.78, 5) is 39.9. The van der Waals surface area contributed by atoms with Crippen LogP contribution in [-0.4, -0.2) is 30.4 Å². The Bertz CT molecular complexity index is 1080. The number of anilines is 2. The first-order chi connectivity index (χ1) is 15.5. The van der Waals surface area contributed by atoms with E-state index in [2.05, 4.69) is 5.32 Å². The van der Waals surface area contributed by atoms with Crippen molar-refractivity contribution in [3.63, 3.8) is 0 Å². The summed E-state index contributed by atoms with van der Waals surface area (Å²) in [5.74, 6) is -1.68. The number of carbonyl (C=O) groups excluding carboxylic acids is 3. The molecule has 1 atom stereocenters. The third-order valence-corrected chi connectivity index (χ3v) is 5.47. The molecule has 1 aliphatic heterocycles. The number of carbonyl (C=O) groups is 3. The number of ether oxygens (including phenoxy) is 1. The van der Waals surface area contributed by atoms with Crippen molar-refractivity contribution in [3.05, 3.63) is 96.1 Å². The van der Waals surface area contributed by atoms with Crippen LogP contribution in [0.3, 0.4) is 0 Å². The Labute approximate surface area is 186 Å². The van der Waals surface area contributed by atoms with Crippen molar-refractivity contribution in [2.45, 2.75) is 25.3 Å². The number of esters is 1. The van der Waals surface area contributed by atoms with Gasteiger partial charge in [-0.1, -0.05) is 72.8 Å². The van der Waals surface area contributed by atoms with E-state index in [1.165, 1.54) is 4.90 Å². The first kappa shape index (κ1) is 21.3. The first-order valence-electron chi connectivity index (χ1n) is 10.5. The summed E-state index contributed by atoms with van der Waals surface area (Å²) in [7, 11) is 0. The van der Waals surface area contributed by atoms with Crippen LogP contribution in [-0.2, 0) is 19.1 Å². The molecule has 1 N–H and O–H groups in total. The van der Waals surface area contributed by atoms with E-state index in [-0.39, 0.29) is 24.3 Å². The molecule has 2 amide bonds. The summed E-state index contributed by atoms with van der Waals surface area (Å²) < 4.78 is 5.52. The maximum atomic E-state index is 13.1. The number of fused-ring (bicyclic) bond motifs is 1. The standard InChI is InChI=1S/C26H24N2O4/c1-18-16-23(29)27-21-14-8-9-15-22(21)28(18)24(30)17-32-26(31)25(19-10-4-2-5-11-19)20-12-6-3-7-13-20/h2-15,18,25H,16-17H2,1H3,(H,27,29). The molecule has 0 fully saturated rings. The van der Waals surface area contributed by atoms with Crippen LogP contribution in [0.2, 0.25) is 0 Å². The fraction of sp³-hybridized carbons (Fsp3) is 0.192. The summed E-state index contributed by atoms with van der Waals surface area (Å²) >= 11 is 0. The zero-order valence-electron chi connectivity index (χ0n) is 17.7. The molecule has 6 heteroatoms. The maximum absolute atomic E-state index is 13.1. The van der Waals surface area contributed by atoms with Gasteiger partial charge >= 0.3 is 5.97 Å². The van der Waals surface area contributed by atoms with Crippen LogP contribution >= 0.6 is 0 Å². The van der Waals surface area contributed by atoms with Crippen LogP contribution in [0, 0.1) is 0 Å². The normalized spacial score (nSPS) is 15.5. The first-order valence-corrected chi connectivity index (χ1v) is 10.5. The highest BCUT2D eigenvalue weighted by molar-refractivity contribution is 6.05. The van der Waals surface area contributed by atoms with Crippen molar-refractivity contribution >= 4 is 29.2 Å². The van der Waals surface area contributed by atoms with Crippen molar-refractivity contribution in [3.8, 4) is 0 Å². The van der Waals surface area contributed by atoms with Crippen LogP contribution in [0.5, 0.6) is 0 Å². The highest BCUT2D eigenvalue weighted by Gasteiger charge is 2.31. The van der Waals surface area contributed by atoms with Crippen molar-refractivity contribution < 1.29 is 19.1 Å². The molecular weight excluding hydrogens is 404 g/mol. The second-order valence-corrected chi connectivity index (χ2v) is 7.74. The minimum absolute atomic E-state index is 0.158. The zero-order chi connectivity index (χ0) is 22.5. The van der Waals surface area contributed by atoms with Gasteiger partial charge in [0, 0.05) is 12.5 Å². The summed E-state index contributed by atoms with van der Waals surface area (Å²) in [6.45, 7) is 1.39. The van der Waals surface area contributed by atoms with E-state index in [1.807, 2.05) is 60.7 Å². The molecule has 0 saturated carbocycles. The van der Waals surface area contributed by atoms with E-state index in [1.54, 1.807) is 31.2 Å². The van der Waals surface area contributed by atoms with Gasteiger partial charge in [0.25, 0.3) is 5.91 Å². The molecule has 3 aromatic carbocycles. The van der Waals surface area contributed by atoms with Crippen molar-refractivity contribution in [2.75, 3.05) is 16.8 Å². The van der Waals surface area contributed by atoms with E-state index < -0.39 is 18.5 Å². The lowest BCUT2D eigenvalue weighted by Crippen LogP contribution is -2.41. The largest absolute Gasteiger partial charge is 0.455 e. The SMILES string of the molecule is CC1CC(=O)Nc2ccccc2N1C(=O)COC(=O)C(c1ccccc1)c1ccccc1. The lowest BCUT2D eigenvalue weighted by molar-refractivity contribution is -0.148. The van der Waals surface area contributed by atoms with Gasteiger partial charge in [-0.2, -0.15) is 0 Å². The number of amides is 2. The average Bonchev–Trinajstić information content (AvgIpc) is 2.93. The van der Waals surface area contributed by atoms with Gasteiger partial charge in [0.15, 0.2) is 6.61 Å².